The average molecular weight is 322 g/mol. The van der Waals surface area contributed by atoms with Crippen LogP contribution in [0.15, 0.2) is 17.0 Å². The van der Waals surface area contributed by atoms with E-state index in [1.807, 2.05) is 19.9 Å². The zero-order valence-electron chi connectivity index (χ0n) is 13.2. The van der Waals surface area contributed by atoms with Gasteiger partial charge >= 0.3 is 0 Å². The third-order valence-corrected chi connectivity index (χ3v) is 4.90. The summed E-state index contributed by atoms with van der Waals surface area (Å²) in [7, 11) is 1.67. The number of rotatable bonds is 6. The molecular formula is C16H22N2O3S. The molecule has 1 aliphatic rings. The predicted molar refractivity (Wildman–Crippen MR) is 88.5 cm³/mol. The van der Waals surface area contributed by atoms with Crippen LogP contribution in [0.2, 0.25) is 0 Å². The highest BCUT2D eigenvalue weighted by molar-refractivity contribution is 8.01. The fourth-order valence-electron chi connectivity index (χ4n) is 2.57. The lowest BCUT2D eigenvalue weighted by Crippen LogP contribution is -2.40. The minimum absolute atomic E-state index is 0.0780. The van der Waals surface area contributed by atoms with E-state index in [0.717, 1.165) is 29.0 Å². The third-order valence-electron chi connectivity index (χ3n) is 3.76. The number of carbonyl (C=O) groups is 2. The van der Waals surface area contributed by atoms with Crippen molar-refractivity contribution in [3.05, 3.63) is 23.3 Å². The van der Waals surface area contributed by atoms with E-state index >= 15 is 0 Å². The van der Waals surface area contributed by atoms with Crippen LogP contribution in [-0.2, 0) is 9.53 Å². The summed E-state index contributed by atoms with van der Waals surface area (Å²) >= 11 is 1.53. The standard InChI is InChI=1S/C16H22N2O3S/c1-10-8-14-13(9-12(10)15(17)19)18(6-4-5-7-21-3)16(20)11(2)22-14/h8-9,11H,4-7H2,1-3H3,(H2,17,19). The quantitative estimate of drug-likeness (QED) is 0.816. The SMILES string of the molecule is COCCCCN1C(=O)C(C)Sc2cc(C)c(C(N)=O)cc21. The molecule has 0 fully saturated rings. The molecule has 22 heavy (non-hydrogen) atoms. The van der Waals surface area contributed by atoms with E-state index in [9.17, 15) is 9.59 Å². The monoisotopic (exact) mass is 322 g/mol. The van der Waals surface area contributed by atoms with Crippen LogP contribution in [-0.4, -0.2) is 37.3 Å². The number of nitrogens with two attached hydrogens (primary N) is 1. The molecule has 2 rings (SSSR count). The topological polar surface area (TPSA) is 72.6 Å². The number of methoxy groups -OCH3 is 1. The largest absolute Gasteiger partial charge is 0.385 e. The fourth-order valence-corrected chi connectivity index (χ4v) is 3.71. The van der Waals surface area contributed by atoms with Gasteiger partial charge in [0.2, 0.25) is 11.8 Å². The molecule has 1 aliphatic heterocycles. The van der Waals surface area contributed by atoms with E-state index in [2.05, 4.69) is 0 Å². The van der Waals surface area contributed by atoms with Crippen LogP contribution in [0.3, 0.4) is 0 Å². The molecule has 0 bridgehead atoms. The zero-order valence-corrected chi connectivity index (χ0v) is 14.0. The Hall–Kier alpha value is -1.53. The minimum Gasteiger partial charge on any atom is -0.385 e. The Labute approximate surface area is 135 Å². The van der Waals surface area contributed by atoms with Crippen molar-refractivity contribution in [1.29, 1.82) is 0 Å². The highest BCUT2D eigenvalue weighted by Crippen LogP contribution is 2.40. The second-order valence-corrected chi connectivity index (χ2v) is 6.83. The van der Waals surface area contributed by atoms with E-state index in [1.54, 1.807) is 18.1 Å². The number of ether oxygens (including phenoxy) is 1. The molecule has 1 unspecified atom stereocenters. The van der Waals surface area contributed by atoms with Gasteiger partial charge in [-0.15, -0.1) is 11.8 Å². The maximum atomic E-state index is 12.5. The van der Waals surface area contributed by atoms with E-state index in [-0.39, 0.29) is 11.2 Å². The summed E-state index contributed by atoms with van der Waals surface area (Å²) in [6.07, 6.45) is 1.75. The molecule has 5 nitrogen and oxygen atoms in total. The number of amides is 2. The van der Waals surface area contributed by atoms with Crippen LogP contribution in [0.1, 0.15) is 35.7 Å². The normalized spacial score (nSPS) is 17.5. The molecule has 0 spiro atoms. The number of benzene rings is 1. The highest BCUT2D eigenvalue weighted by Gasteiger charge is 2.31. The van der Waals surface area contributed by atoms with Gasteiger partial charge in [-0.25, -0.2) is 0 Å². The van der Waals surface area contributed by atoms with Crippen molar-refractivity contribution in [3.63, 3.8) is 0 Å². The molecule has 1 atom stereocenters. The van der Waals surface area contributed by atoms with Gasteiger partial charge in [0.1, 0.15) is 0 Å². The van der Waals surface area contributed by atoms with E-state index in [0.29, 0.717) is 18.7 Å². The van der Waals surface area contributed by atoms with Gasteiger partial charge in [-0.1, -0.05) is 0 Å². The highest BCUT2D eigenvalue weighted by atomic mass is 32.2. The average Bonchev–Trinajstić information content (AvgIpc) is 2.46. The Balaban J connectivity index is 2.32. The Morgan fingerprint density at radius 3 is 2.77 bits per heavy atom. The number of thioether (sulfide) groups is 1. The Bertz CT molecular complexity index is 589. The van der Waals surface area contributed by atoms with Crippen molar-refractivity contribution in [2.75, 3.05) is 25.2 Å². The van der Waals surface area contributed by atoms with Gasteiger partial charge in [0.05, 0.1) is 10.9 Å². The molecule has 0 aromatic heterocycles. The molecule has 0 radical (unpaired) electrons. The maximum absolute atomic E-state index is 12.5. The van der Waals surface area contributed by atoms with Gasteiger partial charge in [-0.2, -0.15) is 0 Å². The molecule has 2 amide bonds. The Morgan fingerprint density at radius 1 is 1.41 bits per heavy atom. The van der Waals surface area contributed by atoms with E-state index < -0.39 is 5.91 Å². The van der Waals surface area contributed by atoms with Crippen molar-refractivity contribution in [2.45, 2.75) is 36.8 Å². The van der Waals surface area contributed by atoms with Crippen LogP contribution in [0, 0.1) is 6.92 Å². The number of unbranched alkanes of at least 4 members (excludes halogenated alkanes) is 1. The van der Waals surface area contributed by atoms with Gasteiger partial charge in [0.15, 0.2) is 0 Å². The third kappa shape index (κ3) is 3.44. The first-order valence-corrected chi connectivity index (χ1v) is 8.25. The summed E-state index contributed by atoms with van der Waals surface area (Å²) in [5.41, 5.74) is 7.55. The van der Waals surface area contributed by atoms with Crippen molar-refractivity contribution < 1.29 is 14.3 Å². The molecule has 0 saturated carbocycles. The van der Waals surface area contributed by atoms with Crippen molar-refractivity contribution in [3.8, 4) is 0 Å². The molecule has 0 saturated heterocycles. The minimum atomic E-state index is -0.462. The Morgan fingerprint density at radius 2 is 2.14 bits per heavy atom. The molecule has 2 N–H and O–H groups in total. The van der Waals surface area contributed by atoms with Crippen LogP contribution in [0.25, 0.3) is 0 Å². The first kappa shape index (κ1) is 16.8. The Kier molecular flexibility index (Phi) is 5.47. The summed E-state index contributed by atoms with van der Waals surface area (Å²) < 4.78 is 5.05. The van der Waals surface area contributed by atoms with Crippen molar-refractivity contribution in [1.82, 2.24) is 0 Å². The second kappa shape index (κ2) is 7.15. The zero-order chi connectivity index (χ0) is 16.3. The fraction of sp³-hybridized carbons (Fsp3) is 0.500. The predicted octanol–water partition coefficient (Wildman–Crippen LogP) is 2.35. The van der Waals surface area contributed by atoms with Gasteiger partial charge in [-0.3, -0.25) is 9.59 Å². The number of fused-ring (bicyclic) bond motifs is 1. The molecule has 1 aromatic rings. The van der Waals surface area contributed by atoms with Gasteiger partial charge in [0.25, 0.3) is 0 Å². The number of aryl methyl sites for hydroxylation is 1. The lowest BCUT2D eigenvalue weighted by atomic mass is 10.1. The summed E-state index contributed by atoms with van der Waals surface area (Å²) in [6.45, 7) is 5.08. The number of primary amides is 1. The number of hydrogen-bond donors (Lipinski definition) is 1. The van der Waals surface area contributed by atoms with Crippen LogP contribution < -0.4 is 10.6 Å². The van der Waals surface area contributed by atoms with Crippen LogP contribution in [0.4, 0.5) is 5.69 Å². The lowest BCUT2D eigenvalue weighted by Gasteiger charge is -2.33. The summed E-state index contributed by atoms with van der Waals surface area (Å²) in [6, 6.07) is 3.70. The number of hydrogen-bond acceptors (Lipinski definition) is 4. The first-order valence-electron chi connectivity index (χ1n) is 7.37. The second-order valence-electron chi connectivity index (χ2n) is 5.45. The van der Waals surface area contributed by atoms with Crippen molar-refractivity contribution >= 4 is 29.3 Å². The van der Waals surface area contributed by atoms with Crippen LogP contribution in [0.5, 0.6) is 0 Å². The number of anilines is 1. The lowest BCUT2D eigenvalue weighted by molar-refractivity contribution is -0.118. The molecular weight excluding hydrogens is 300 g/mol. The summed E-state index contributed by atoms with van der Waals surface area (Å²) in [5.74, 6) is -0.384. The summed E-state index contributed by atoms with van der Waals surface area (Å²) in [4.78, 5) is 26.8. The number of nitrogens with zero attached hydrogens (tertiary/aromatic N) is 1. The van der Waals surface area contributed by atoms with E-state index in [4.69, 9.17) is 10.5 Å². The molecule has 1 aromatic carbocycles. The molecule has 120 valence electrons. The van der Waals surface area contributed by atoms with E-state index in [1.165, 1.54) is 11.8 Å². The van der Waals surface area contributed by atoms with Gasteiger partial charge in [-0.05, 0) is 44.4 Å². The first-order chi connectivity index (χ1) is 10.5. The maximum Gasteiger partial charge on any atom is 0.249 e. The summed E-state index contributed by atoms with van der Waals surface area (Å²) in [5, 5.41) is -0.117. The molecule has 1 heterocycles. The smallest absolute Gasteiger partial charge is 0.249 e. The molecule has 6 heteroatoms. The number of carbonyl (C=O) groups excluding carboxylic acids is 2. The van der Waals surface area contributed by atoms with Crippen LogP contribution >= 0.6 is 11.8 Å². The van der Waals surface area contributed by atoms with Gasteiger partial charge < -0.3 is 15.4 Å². The van der Waals surface area contributed by atoms with Gasteiger partial charge in [0, 0.05) is 30.7 Å². The molecule has 0 aliphatic carbocycles. The van der Waals surface area contributed by atoms with Crippen molar-refractivity contribution in [2.24, 2.45) is 5.73 Å².